The fraction of sp³-hybridized carbons (Fsp3) is 0.562. The van der Waals surface area contributed by atoms with Gasteiger partial charge in [-0.15, -0.1) is 0 Å². The fourth-order valence-corrected chi connectivity index (χ4v) is 2.98. The SMILES string of the molecule is CC[C@H](C(=O)N[C@H]1C[C@H](CO)[C@@H](O)C1)c1ccccc1. The van der Waals surface area contributed by atoms with Crippen LogP contribution in [-0.2, 0) is 4.79 Å². The molecule has 1 fully saturated rings. The third-order valence-electron chi connectivity index (χ3n) is 4.17. The lowest BCUT2D eigenvalue weighted by Gasteiger charge is -2.19. The van der Waals surface area contributed by atoms with Crippen molar-refractivity contribution in [3.05, 3.63) is 35.9 Å². The van der Waals surface area contributed by atoms with Crippen LogP contribution >= 0.6 is 0 Å². The zero-order chi connectivity index (χ0) is 14.5. The average molecular weight is 277 g/mol. The third-order valence-corrected chi connectivity index (χ3v) is 4.17. The first-order valence-corrected chi connectivity index (χ1v) is 7.30. The number of carbonyl (C=O) groups is 1. The van der Waals surface area contributed by atoms with Gasteiger partial charge in [0, 0.05) is 18.6 Å². The first-order valence-electron chi connectivity index (χ1n) is 7.30. The van der Waals surface area contributed by atoms with Crippen molar-refractivity contribution in [1.29, 1.82) is 0 Å². The summed E-state index contributed by atoms with van der Waals surface area (Å²) in [5.41, 5.74) is 1.02. The van der Waals surface area contributed by atoms with E-state index in [-0.39, 0.29) is 30.4 Å². The summed E-state index contributed by atoms with van der Waals surface area (Å²) >= 11 is 0. The van der Waals surface area contributed by atoms with Crippen molar-refractivity contribution < 1.29 is 15.0 Å². The molecular weight excluding hydrogens is 254 g/mol. The molecule has 0 spiro atoms. The maximum atomic E-state index is 12.4. The van der Waals surface area contributed by atoms with Gasteiger partial charge in [-0.25, -0.2) is 0 Å². The van der Waals surface area contributed by atoms with Crippen molar-refractivity contribution in [2.75, 3.05) is 6.61 Å². The van der Waals surface area contributed by atoms with E-state index in [1.165, 1.54) is 0 Å². The van der Waals surface area contributed by atoms with Gasteiger partial charge < -0.3 is 15.5 Å². The van der Waals surface area contributed by atoms with Crippen LogP contribution in [0.5, 0.6) is 0 Å². The van der Waals surface area contributed by atoms with Gasteiger partial charge in [-0.05, 0) is 24.8 Å². The summed E-state index contributed by atoms with van der Waals surface area (Å²) in [6, 6.07) is 9.71. The predicted octanol–water partition coefficient (Wildman–Crippen LogP) is 1.43. The van der Waals surface area contributed by atoms with Crippen molar-refractivity contribution in [2.24, 2.45) is 5.92 Å². The van der Waals surface area contributed by atoms with Crippen LogP contribution in [0.2, 0.25) is 0 Å². The van der Waals surface area contributed by atoms with Crippen LogP contribution in [0.15, 0.2) is 30.3 Å². The van der Waals surface area contributed by atoms with Crippen molar-refractivity contribution in [2.45, 2.75) is 44.2 Å². The largest absolute Gasteiger partial charge is 0.396 e. The van der Waals surface area contributed by atoms with Gasteiger partial charge in [0.2, 0.25) is 5.91 Å². The highest BCUT2D eigenvalue weighted by Gasteiger charge is 2.34. The van der Waals surface area contributed by atoms with Gasteiger partial charge in [-0.1, -0.05) is 37.3 Å². The van der Waals surface area contributed by atoms with Gasteiger partial charge >= 0.3 is 0 Å². The van der Waals surface area contributed by atoms with Crippen LogP contribution in [0.25, 0.3) is 0 Å². The number of hydrogen-bond acceptors (Lipinski definition) is 3. The van der Waals surface area contributed by atoms with Gasteiger partial charge in [0.05, 0.1) is 12.0 Å². The molecule has 0 unspecified atom stereocenters. The third kappa shape index (κ3) is 3.38. The maximum Gasteiger partial charge on any atom is 0.227 e. The molecule has 1 aliphatic carbocycles. The van der Waals surface area contributed by atoms with Crippen molar-refractivity contribution in [3.63, 3.8) is 0 Å². The molecule has 1 amide bonds. The number of hydrogen-bond donors (Lipinski definition) is 3. The topological polar surface area (TPSA) is 69.6 Å². The van der Waals surface area contributed by atoms with E-state index >= 15 is 0 Å². The standard InChI is InChI=1S/C16H23NO3/c1-2-14(11-6-4-3-5-7-11)16(20)17-13-8-12(10-18)15(19)9-13/h3-7,12-15,18-19H,2,8-10H2,1H3,(H,17,20)/t12-,13+,14+,15+/m1/s1. The van der Waals surface area contributed by atoms with Crippen LogP contribution < -0.4 is 5.32 Å². The molecule has 0 aromatic heterocycles. The molecule has 0 radical (unpaired) electrons. The molecule has 1 aliphatic rings. The van der Waals surface area contributed by atoms with E-state index in [2.05, 4.69) is 5.32 Å². The lowest BCUT2D eigenvalue weighted by atomic mass is 9.95. The van der Waals surface area contributed by atoms with Crippen LogP contribution in [0, 0.1) is 5.92 Å². The lowest BCUT2D eigenvalue weighted by molar-refractivity contribution is -0.123. The molecule has 0 saturated heterocycles. The number of aliphatic hydroxyl groups excluding tert-OH is 2. The summed E-state index contributed by atoms with van der Waals surface area (Å²) in [7, 11) is 0. The number of rotatable bonds is 5. The summed E-state index contributed by atoms with van der Waals surface area (Å²) in [6.07, 6.45) is 1.41. The van der Waals surface area contributed by atoms with Crippen molar-refractivity contribution in [1.82, 2.24) is 5.32 Å². The Labute approximate surface area is 119 Å². The van der Waals surface area contributed by atoms with Gasteiger partial charge in [0.25, 0.3) is 0 Å². The molecule has 1 aromatic rings. The van der Waals surface area contributed by atoms with Crippen LogP contribution in [0.3, 0.4) is 0 Å². The molecule has 1 saturated carbocycles. The average Bonchev–Trinajstić information content (AvgIpc) is 2.80. The second kappa shape index (κ2) is 6.86. The highest BCUT2D eigenvalue weighted by atomic mass is 16.3. The normalized spacial score (nSPS) is 27.2. The molecule has 20 heavy (non-hydrogen) atoms. The Kier molecular flexibility index (Phi) is 5.15. The monoisotopic (exact) mass is 277 g/mol. The minimum Gasteiger partial charge on any atom is -0.396 e. The Bertz CT molecular complexity index is 435. The molecule has 1 aromatic carbocycles. The van der Waals surface area contributed by atoms with Gasteiger partial charge in [-0.2, -0.15) is 0 Å². The van der Waals surface area contributed by atoms with E-state index < -0.39 is 6.10 Å². The molecule has 4 nitrogen and oxygen atoms in total. The number of aliphatic hydroxyl groups is 2. The fourth-order valence-electron chi connectivity index (χ4n) is 2.98. The smallest absolute Gasteiger partial charge is 0.227 e. The number of nitrogens with one attached hydrogen (secondary N) is 1. The minimum atomic E-state index is -0.512. The Morgan fingerprint density at radius 2 is 2.05 bits per heavy atom. The lowest BCUT2D eigenvalue weighted by Crippen LogP contribution is -2.36. The van der Waals surface area contributed by atoms with E-state index in [1.54, 1.807) is 0 Å². The second-order valence-electron chi connectivity index (χ2n) is 5.56. The quantitative estimate of drug-likeness (QED) is 0.762. The summed E-state index contributed by atoms with van der Waals surface area (Å²) in [5, 5.41) is 21.9. The van der Waals surface area contributed by atoms with Gasteiger partial charge in [0.1, 0.15) is 0 Å². The summed E-state index contributed by atoms with van der Waals surface area (Å²) in [6.45, 7) is 1.97. The van der Waals surface area contributed by atoms with E-state index in [0.29, 0.717) is 12.8 Å². The second-order valence-corrected chi connectivity index (χ2v) is 5.56. The Morgan fingerprint density at radius 1 is 1.35 bits per heavy atom. The Morgan fingerprint density at radius 3 is 2.60 bits per heavy atom. The zero-order valence-corrected chi connectivity index (χ0v) is 11.8. The van der Waals surface area contributed by atoms with Gasteiger partial charge in [-0.3, -0.25) is 4.79 Å². The summed E-state index contributed by atoms with van der Waals surface area (Å²) < 4.78 is 0. The highest BCUT2D eigenvalue weighted by molar-refractivity contribution is 5.83. The zero-order valence-electron chi connectivity index (χ0n) is 11.8. The number of amides is 1. The molecule has 0 heterocycles. The molecule has 0 aliphatic heterocycles. The predicted molar refractivity (Wildman–Crippen MR) is 77.2 cm³/mol. The Balaban J connectivity index is 1.97. The van der Waals surface area contributed by atoms with Crippen LogP contribution in [0.1, 0.15) is 37.7 Å². The van der Waals surface area contributed by atoms with Crippen LogP contribution in [-0.4, -0.2) is 34.9 Å². The Hall–Kier alpha value is -1.39. The number of benzene rings is 1. The molecule has 110 valence electrons. The van der Waals surface area contributed by atoms with E-state index in [4.69, 9.17) is 5.11 Å². The van der Waals surface area contributed by atoms with Crippen molar-refractivity contribution >= 4 is 5.91 Å². The molecule has 4 heteroatoms. The molecular formula is C16H23NO3. The first kappa shape index (κ1) is 15.0. The van der Waals surface area contributed by atoms with E-state index in [9.17, 15) is 9.90 Å². The van der Waals surface area contributed by atoms with E-state index in [0.717, 1.165) is 12.0 Å². The molecule has 4 atom stereocenters. The van der Waals surface area contributed by atoms with E-state index in [1.807, 2.05) is 37.3 Å². The number of carbonyl (C=O) groups excluding carboxylic acids is 1. The minimum absolute atomic E-state index is 0.00879. The van der Waals surface area contributed by atoms with Crippen LogP contribution in [0.4, 0.5) is 0 Å². The maximum absolute atomic E-state index is 12.4. The molecule has 0 bridgehead atoms. The summed E-state index contributed by atoms with van der Waals surface area (Å²) in [5.74, 6) is -0.256. The van der Waals surface area contributed by atoms with Gasteiger partial charge in [0.15, 0.2) is 0 Å². The highest BCUT2D eigenvalue weighted by Crippen LogP contribution is 2.27. The molecule has 2 rings (SSSR count). The molecule has 3 N–H and O–H groups in total. The van der Waals surface area contributed by atoms with Crippen molar-refractivity contribution in [3.8, 4) is 0 Å². The first-order chi connectivity index (χ1) is 9.65. The summed E-state index contributed by atoms with van der Waals surface area (Å²) in [4.78, 5) is 12.4.